The molecule has 4 amide bonds. The number of carbonyl (C=O) groups excluding carboxylic acids is 4. The number of benzene rings is 1. The number of hydrogen-bond donors (Lipinski definition) is 3. The lowest BCUT2D eigenvalue weighted by Gasteiger charge is -2.29. The number of nitrogens with one attached hydrogen (secondary N) is 2. The Morgan fingerprint density at radius 2 is 1.96 bits per heavy atom. The van der Waals surface area contributed by atoms with Crippen LogP contribution in [0.4, 0.5) is 5.69 Å². The van der Waals surface area contributed by atoms with Crippen LogP contribution >= 0.6 is 0 Å². The van der Waals surface area contributed by atoms with Gasteiger partial charge in [0.25, 0.3) is 0 Å². The molecule has 2 fully saturated rings. The third-order valence-electron chi connectivity index (χ3n) is 5.87. The largest absolute Gasteiger partial charge is 0.370 e. The zero-order valence-corrected chi connectivity index (χ0v) is 15.0. The van der Waals surface area contributed by atoms with E-state index in [4.69, 9.17) is 5.73 Å². The summed E-state index contributed by atoms with van der Waals surface area (Å²) in [5.74, 6) is -3.30. The molecule has 27 heavy (non-hydrogen) atoms. The number of carbonyl (C=O) groups is 4. The fraction of sp³-hybridized carbons (Fsp3) is 0.474. The fourth-order valence-electron chi connectivity index (χ4n) is 4.75. The van der Waals surface area contributed by atoms with E-state index in [2.05, 4.69) is 10.6 Å². The Balaban J connectivity index is 1.83. The van der Waals surface area contributed by atoms with E-state index >= 15 is 0 Å². The summed E-state index contributed by atoms with van der Waals surface area (Å²) in [5.41, 5.74) is 5.27. The van der Waals surface area contributed by atoms with E-state index in [-0.39, 0.29) is 24.1 Å². The molecule has 0 aliphatic carbocycles. The van der Waals surface area contributed by atoms with Gasteiger partial charge in [-0.05, 0) is 12.5 Å². The minimum Gasteiger partial charge on any atom is -0.370 e. The van der Waals surface area contributed by atoms with Gasteiger partial charge in [-0.3, -0.25) is 29.4 Å². The second-order valence-electron chi connectivity index (χ2n) is 7.41. The predicted molar refractivity (Wildman–Crippen MR) is 96.1 cm³/mol. The average Bonchev–Trinajstić information content (AvgIpc) is 3.19. The van der Waals surface area contributed by atoms with Gasteiger partial charge < -0.3 is 11.1 Å². The maximum absolute atomic E-state index is 13.2. The molecule has 3 heterocycles. The van der Waals surface area contributed by atoms with E-state index in [1.165, 1.54) is 4.90 Å². The molecule has 8 nitrogen and oxygen atoms in total. The van der Waals surface area contributed by atoms with Crippen molar-refractivity contribution in [2.45, 2.75) is 37.8 Å². The first-order valence-corrected chi connectivity index (χ1v) is 9.24. The van der Waals surface area contributed by atoms with Crippen LogP contribution < -0.4 is 16.4 Å². The average molecular weight is 370 g/mol. The first kappa shape index (κ1) is 17.7. The van der Waals surface area contributed by atoms with Crippen molar-refractivity contribution in [3.63, 3.8) is 0 Å². The highest BCUT2D eigenvalue weighted by Gasteiger charge is 2.70. The van der Waals surface area contributed by atoms with E-state index in [0.29, 0.717) is 24.2 Å². The Bertz CT molecular complexity index is 854. The van der Waals surface area contributed by atoms with Crippen molar-refractivity contribution in [3.8, 4) is 0 Å². The summed E-state index contributed by atoms with van der Waals surface area (Å²) in [6, 6.07) is 6.45. The zero-order valence-electron chi connectivity index (χ0n) is 15.0. The second-order valence-corrected chi connectivity index (χ2v) is 7.41. The molecule has 3 aliphatic rings. The smallest absolute Gasteiger partial charge is 0.250 e. The lowest BCUT2D eigenvalue weighted by Crippen LogP contribution is -2.53. The molecule has 1 aromatic rings. The van der Waals surface area contributed by atoms with Gasteiger partial charge >= 0.3 is 0 Å². The number of amides is 4. The Labute approximate surface area is 156 Å². The molecular formula is C19H22N4O4. The molecule has 1 spiro atoms. The van der Waals surface area contributed by atoms with Crippen molar-refractivity contribution in [1.29, 1.82) is 0 Å². The van der Waals surface area contributed by atoms with Crippen LogP contribution in [0, 0.1) is 11.8 Å². The lowest BCUT2D eigenvalue weighted by molar-refractivity contribution is -0.142. The van der Waals surface area contributed by atoms with Gasteiger partial charge in [0, 0.05) is 30.3 Å². The van der Waals surface area contributed by atoms with E-state index in [0.717, 1.165) is 6.42 Å². The van der Waals surface area contributed by atoms with Crippen LogP contribution in [0.15, 0.2) is 24.3 Å². The van der Waals surface area contributed by atoms with Crippen LogP contribution in [0.2, 0.25) is 0 Å². The lowest BCUT2D eigenvalue weighted by atomic mass is 9.76. The second kappa shape index (κ2) is 6.16. The number of nitrogens with two attached hydrogens (primary N) is 1. The van der Waals surface area contributed by atoms with Gasteiger partial charge in [-0.2, -0.15) is 0 Å². The van der Waals surface area contributed by atoms with Crippen molar-refractivity contribution in [2.75, 3.05) is 11.9 Å². The molecule has 0 aromatic heterocycles. The maximum Gasteiger partial charge on any atom is 0.250 e. The topological polar surface area (TPSA) is 122 Å². The van der Waals surface area contributed by atoms with Gasteiger partial charge in [-0.25, -0.2) is 0 Å². The normalized spacial score (nSPS) is 31.4. The third kappa shape index (κ3) is 2.32. The molecule has 0 saturated carbocycles. The number of rotatable bonds is 5. The molecule has 3 aliphatic heterocycles. The molecule has 1 aromatic carbocycles. The van der Waals surface area contributed by atoms with E-state index in [1.54, 1.807) is 24.3 Å². The van der Waals surface area contributed by atoms with Gasteiger partial charge in [-0.15, -0.1) is 0 Å². The number of likely N-dealkylation sites (tertiary alicyclic amines) is 1. The van der Waals surface area contributed by atoms with Crippen LogP contribution in [-0.4, -0.2) is 41.1 Å². The van der Waals surface area contributed by atoms with Crippen LogP contribution in [0.5, 0.6) is 0 Å². The number of unbranched alkanes of at least 4 members (excludes halogenated alkanes) is 1. The summed E-state index contributed by atoms with van der Waals surface area (Å²) in [6.45, 7) is 2.30. The Kier molecular flexibility index (Phi) is 4.03. The molecular weight excluding hydrogens is 348 g/mol. The Morgan fingerprint density at radius 1 is 1.22 bits per heavy atom. The molecule has 4 atom stereocenters. The van der Waals surface area contributed by atoms with Gasteiger partial charge in [0.2, 0.25) is 23.6 Å². The van der Waals surface area contributed by atoms with Crippen LogP contribution in [0.1, 0.15) is 31.7 Å². The molecule has 8 heteroatoms. The summed E-state index contributed by atoms with van der Waals surface area (Å²) in [7, 11) is 0. The van der Waals surface area contributed by atoms with Crippen molar-refractivity contribution in [3.05, 3.63) is 29.8 Å². The minimum atomic E-state index is -1.35. The number of hydrogen-bond acceptors (Lipinski definition) is 5. The number of primary amides is 1. The van der Waals surface area contributed by atoms with Crippen LogP contribution in [-0.2, 0) is 24.7 Å². The highest BCUT2D eigenvalue weighted by Crippen LogP contribution is 2.53. The standard InChI is InChI=1S/C19H22N4O4/c1-2-3-8-23-16(25)14-12(9-13(20)24)22-19(15(14)17(23)26)10-6-4-5-7-11(10)21-18(19)27/h4-7,12,14-15,22H,2-3,8-9H2,1H3,(H2,20,24)(H,21,27)/t12-,14+,15-,19-/m0/s1. The van der Waals surface area contributed by atoms with Gasteiger partial charge in [0.05, 0.1) is 11.8 Å². The monoisotopic (exact) mass is 370 g/mol. The number of para-hydroxylation sites is 1. The summed E-state index contributed by atoms with van der Waals surface area (Å²) >= 11 is 0. The Hall–Kier alpha value is -2.74. The first-order valence-electron chi connectivity index (χ1n) is 9.24. The van der Waals surface area contributed by atoms with Crippen molar-refractivity contribution in [1.82, 2.24) is 10.2 Å². The van der Waals surface area contributed by atoms with E-state index < -0.39 is 29.3 Å². The summed E-state index contributed by atoms with van der Waals surface area (Å²) in [6.07, 6.45) is 1.42. The number of anilines is 1. The van der Waals surface area contributed by atoms with Crippen molar-refractivity contribution >= 4 is 29.3 Å². The van der Waals surface area contributed by atoms with Gasteiger partial charge in [0.1, 0.15) is 5.54 Å². The van der Waals surface area contributed by atoms with E-state index in [1.807, 2.05) is 6.92 Å². The first-order chi connectivity index (χ1) is 12.9. The highest BCUT2D eigenvalue weighted by molar-refractivity contribution is 6.15. The van der Waals surface area contributed by atoms with Crippen molar-refractivity contribution < 1.29 is 19.2 Å². The fourth-order valence-corrected chi connectivity index (χ4v) is 4.75. The number of nitrogens with zero attached hydrogens (tertiary/aromatic N) is 1. The molecule has 2 saturated heterocycles. The number of fused-ring (bicyclic) bond motifs is 4. The maximum atomic E-state index is 13.2. The summed E-state index contributed by atoms with van der Waals surface area (Å²) in [5, 5.41) is 5.97. The molecule has 4 N–H and O–H groups in total. The minimum absolute atomic E-state index is 0.112. The van der Waals surface area contributed by atoms with Crippen LogP contribution in [0.3, 0.4) is 0 Å². The van der Waals surface area contributed by atoms with E-state index in [9.17, 15) is 19.2 Å². The third-order valence-corrected chi connectivity index (χ3v) is 5.87. The summed E-state index contributed by atoms with van der Waals surface area (Å²) < 4.78 is 0. The highest BCUT2D eigenvalue weighted by atomic mass is 16.2. The molecule has 142 valence electrons. The molecule has 0 radical (unpaired) electrons. The zero-order chi connectivity index (χ0) is 19.3. The van der Waals surface area contributed by atoms with Crippen LogP contribution in [0.25, 0.3) is 0 Å². The summed E-state index contributed by atoms with van der Waals surface area (Å²) in [4.78, 5) is 52.1. The van der Waals surface area contributed by atoms with Crippen molar-refractivity contribution in [2.24, 2.45) is 17.6 Å². The van der Waals surface area contributed by atoms with Gasteiger partial charge in [0.15, 0.2) is 0 Å². The quantitative estimate of drug-likeness (QED) is 0.634. The molecule has 4 rings (SSSR count). The molecule has 0 bridgehead atoms. The molecule has 0 unspecified atom stereocenters. The Morgan fingerprint density at radius 3 is 2.67 bits per heavy atom. The SMILES string of the molecule is CCCCN1C(=O)[C@@H]2[C@H](CC(N)=O)N[C@]3(C(=O)Nc4ccccc43)[C@@H]2C1=O. The number of imide groups is 1. The van der Waals surface area contributed by atoms with Gasteiger partial charge in [-0.1, -0.05) is 31.5 Å². The predicted octanol–water partition coefficient (Wildman–Crippen LogP) is 0.0825.